The molecule has 15 heavy (non-hydrogen) atoms. The first-order valence-corrected chi connectivity index (χ1v) is 7.10. The second-order valence-electron chi connectivity index (χ2n) is 3.96. The monoisotopic (exact) mass is 222 g/mol. The van der Waals surface area contributed by atoms with Crippen molar-refractivity contribution in [2.75, 3.05) is 12.3 Å². The zero-order valence-electron chi connectivity index (χ0n) is 8.85. The number of hydrogen-bond acceptors (Lipinski definition) is 2. The molecule has 2 nitrogen and oxygen atoms in total. The van der Waals surface area contributed by atoms with Crippen LogP contribution in [0.4, 0.5) is 0 Å². The first kappa shape index (κ1) is 10.7. The minimum absolute atomic E-state index is 0.458. The summed E-state index contributed by atoms with van der Waals surface area (Å²) in [6.45, 7) is 2.46. The van der Waals surface area contributed by atoms with E-state index in [0.717, 1.165) is 5.56 Å². The van der Waals surface area contributed by atoms with E-state index in [1.807, 2.05) is 43.3 Å². The highest BCUT2D eigenvalue weighted by Gasteiger charge is 2.27. The molecule has 0 amide bonds. The highest BCUT2D eigenvalue weighted by molar-refractivity contribution is 7.59. The number of hydrogen-bond donors (Lipinski definition) is 0. The van der Waals surface area contributed by atoms with Gasteiger partial charge in [0.15, 0.2) is 0 Å². The Balaban J connectivity index is 1.92. The second kappa shape index (κ2) is 4.34. The summed E-state index contributed by atoms with van der Waals surface area (Å²) in [7, 11) is -2.38. The molecule has 0 fully saturated rings. The average Bonchev–Trinajstić information content (AvgIpc) is 2.58. The Morgan fingerprint density at radius 1 is 1.33 bits per heavy atom. The van der Waals surface area contributed by atoms with Crippen LogP contribution in [-0.4, -0.2) is 12.3 Å². The van der Waals surface area contributed by atoms with Crippen molar-refractivity contribution < 1.29 is 9.09 Å². The van der Waals surface area contributed by atoms with Gasteiger partial charge in [-0.2, -0.15) is 0 Å². The third-order valence-electron chi connectivity index (χ3n) is 2.52. The Labute approximate surface area is 90.4 Å². The molecule has 0 spiro atoms. The van der Waals surface area contributed by atoms with Gasteiger partial charge in [0, 0.05) is 12.3 Å². The maximum absolute atomic E-state index is 12.1. The Kier molecular flexibility index (Phi) is 3.08. The van der Waals surface area contributed by atoms with E-state index in [1.54, 1.807) is 0 Å². The van der Waals surface area contributed by atoms with Crippen molar-refractivity contribution >= 4 is 7.37 Å². The van der Waals surface area contributed by atoms with Gasteiger partial charge < -0.3 is 4.52 Å². The van der Waals surface area contributed by atoms with Crippen LogP contribution in [0.15, 0.2) is 42.0 Å². The Bertz CT molecular complexity index is 409. The molecule has 80 valence electrons. The summed E-state index contributed by atoms with van der Waals surface area (Å²) < 4.78 is 17.7. The van der Waals surface area contributed by atoms with E-state index in [1.165, 1.54) is 5.57 Å². The molecule has 1 atom stereocenters. The van der Waals surface area contributed by atoms with Crippen molar-refractivity contribution in [1.29, 1.82) is 0 Å². The lowest BCUT2D eigenvalue weighted by Gasteiger charge is -2.12. The van der Waals surface area contributed by atoms with Crippen molar-refractivity contribution in [3.8, 4) is 0 Å². The zero-order valence-corrected chi connectivity index (χ0v) is 9.74. The standard InChI is InChI=1S/C12H15O2P/c1-11-7-8-15(13,10-11)14-9-12-5-3-2-4-6-12/h2-7H,8-10H2,1H3/t15-/m1/s1. The lowest BCUT2D eigenvalue weighted by atomic mass is 10.2. The number of rotatable bonds is 3. The van der Waals surface area contributed by atoms with Gasteiger partial charge in [-0.15, -0.1) is 0 Å². The van der Waals surface area contributed by atoms with Crippen LogP contribution < -0.4 is 0 Å². The first-order chi connectivity index (χ1) is 7.18. The molecule has 0 bridgehead atoms. The largest absolute Gasteiger partial charge is 0.323 e. The van der Waals surface area contributed by atoms with Crippen molar-refractivity contribution in [3.05, 3.63) is 47.5 Å². The van der Waals surface area contributed by atoms with Crippen molar-refractivity contribution in [3.63, 3.8) is 0 Å². The normalized spacial score (nSPS) is 25.3. The van der Waals surface area contributed by atoms with Gasteiger partial charge in [0.2, 0.25) is 7.37 Å². The van der Waals surface area contributed by atoms with E-state index in [-0.39, 0.29) is 0 Å². The van der Waals surface area contributed by atoms with E-state index in [2.05, 4.69) is 0 Å². The highest BCUT2D eigenvalue weighted by Crippen LogP contribution is 2.52. The molecule has 1 aromatic carbocycles. The minimum Gasteiger partial charge on any atom is -0.323 e. The van der Waals surface area contributed by atoms with Gasteiger partial charge in [-0.1, -0.05) is 42.0 Å². The molecular formula is C12H15O2P. The average molecular weight is 222 g/mol. The third-order valence-corrected chi connectivity index (χ3v) is 4.84. The third kappa shape index (κ3) is 2.80. The molecule has 1 aromatic rings. The van der Waals surface area contributed by atoms with Crippen LogP contribution in [0.3, 0.4) is 0 Å². The molecule has 0 aliphatic carbocycles. The molecule has 2 rings (SSSR count). The molecule has 0 saturated heterocycles. The molecule has 3 heteroatoms. The first-order valence-electron chi connectivity index (χ1n) is 5.10. The Morgan fingerprint density at radius 2 is 2.07 bits per heavy atom. The molecule has 0 unspecified atom stereocenters. The Hall–Kier alpha value is -0.850. The minimum atomic E-state index is -2.38. The Morgan fingerprint density at radius 3 is 2.67 bits per heavy atom. The van der Waals surface area contributed by atoms with E-state index < -0.39 is 7.37 Å². The van der Waals surface area contributed by atoms with Gasteiger partial charge in [-0.25, -0.2) is 0 Å². The number of benzene rings is 1. The summed E-state index contributed by atoms with van der Waals surface area (Å²) in [5.41, 5.74) is 2.27. The fourth-order valence-electron chi connectivity index (χ4n) is 1.67. The smallest absolute Gasteiger partial charge is 0.211 e. The van der Waals surface area contributed by atoms with Crippen LogP contribution in [0.25, 0.3) is 0 Å². The van der Waals surface area contributed by atoms with Gasteiger partial charge >= 0.3 is 0 Å². The van der Waals surface area contributed by atoms with Gasteiger partial charge in [0.25, 0.3) is 0 Å². The molecule has 0 N–H and O–H groups in total. The lowest BCUT2D eigenvalue weighted by molar-refractivity contribution is 0.307. The van der Waals surface area contributed by atoms with Crippen LogP contribution >= 0.6 is 7.37 Å². The predicted octanol–water partition coefficient (Wildman–Crippen LogP) is 3.44. The fourth-order valence-corrected chi connectivity index (χ4v) is 3.86. The van der Waals surface area contributed by atoms with E-state index >= 15 is 0 Å². The van der Waals surface area contributed by atoms with Crippen LogP contribution in [0.2, 0.25) is 0 Å². The van der Waals surface area contributed by atoms with Gasteiger partial charge in [0.05, 0.1) is 6.61 Å². The quantitative estimate of drug-likeness (QED) is 0.578. The van der Waals surface area contributed by atoms with E-state index in [0.29, 0.717) is 18.9 Å². The molecule has 1 heterocycles. The lowest BCUT2D eigenvalue weighted by Crippen LogP contribution is -1.94. The molecule has 0 radical (unpaired) electrons. The SMILES string of the molecule is CC1=CC[P@@](=O)(OCc2ccccc2)C1. The summed E-state index contributed by atoms with van der Waals surface area (Å²) in [4.78, 5) is 0. The van der Waals surface area contributed by atoms with Gasteiger partial charge in [0.1, 0.15) is 0 Å². The van der Waals surface area contributed by atoms with Crippen molar-refractivity contribution in [2.45, 2.75) is 13.5 Å². The molecule has 1 aliphatic heterocycles. The predicted molar refractivity (Wildman–Crippen MR) is 62.3 cm³/mol. The van der Waals surface area contributed by atoms with Gasteiger partial charge in [-0.05, 0) is 12.5 Å². The molecule has 0 aromatic heterocycles. The maximum atomic E-state index is 12.1. The molecule has 0 saturated carbocycles. The summed E-state index contributed by atoms with van der Waals surface area (Å²) in [6.07, 6.45) is 3.25. The van der Waals surface area contributed by atoms with Crippen molar-refractivity contribution in [2.24, 2.45) is 0 Å². The van der Waals surface area contributed by atoms with Crippen LogP contribution in [0.5, 0.6) is 0 Å². The summed E-state index contributed by atoms with van der Waals surface area (Å²) in [6, 6.07) is 9.87. The van der Waals surface area contributed by atoms with Crippen LogP contribution in [-0.2, 0) is 15.7 Å². The van der Waals surface area contributed by atoms with Gasteiger partial charge in [-0.3, -0.25) is 4.57 Å². The summed E-state index contributed by atoms with van der Waals surface area (Å²) in [5.74, 6) is 0. The molecular weight excluding hydrogens is 207 g/mol. The highest BCUT2D eigenvalue weighted by atomic mass is 31.2. The zero-order chi connectivity index (χ0) is 10.7. The summed E-state index contributed by atoms with van der Waals surface area (Å²) in [5, 5.41) is 0. The summed E-state index contributed by atoms with van der Waals surface area (Å²) >= 11 is 0. The number of allylic oxidation sites excluding steroid dienone is 2. The fraction of sp³-hybridized carbons (Fsp3) is 0.333. The van der Waals surface area contributed by atoms with Crippen LogP contribution in [0.1, 0.15) is 12.5 Å². The van der Waals surface area contributed by atoms with Crippen molar-refractivity contribution in [1.82, 2.24) is 0 Å². The van der Waals surface area contributed by atoms with E-state index in [4.69, 9.17) is 4.52 Å². The second-order valence-corrected chi connectivity index (χ2v) is 6.53. The maximum Gasteiger partial charge on any atom is 0.211 e. The van der Waals surface area contributed by atoms with Crippen LogP contribution in [0, 0.1) is 0 Å². The molecule has 1 aliphatic rings. The van der Waals surface area contributed by atoms with E-state index in [9.17, 15) is 4.57 Å². The topological polar surface area (TPSA) is 26.3 Å².